The van der Waals surface area contributed by atoms with Crippen LogP contribution in [-0.2, 0) is 14.2 Å². The second-order valence-corrected chi connectivity index (χ2v) is 4.85. The predicted molar refractivity (Wildman–Crippen MR) is 69.5 cm³/mol. The third-order valence-corrected chi connectivity index (χ3v) is 3.24. The molecule has 2 rings (SSSR count). The third-order valence-electron chi connectivity index (χ3n) is 2.59. The lowest BCUT2D eigenvalue weighted by Gasteiger charge is -2.13. The number of amides is 1. The summed E-state index contributed by atoms with van der Waals surface area (Å²) in [5.74, 6) is -0.426. The van der Waals surface area contributed by atoms with Gasteiger partial charge >= 0.3 is 6.09 Å². The van der Waals surface area contributed by atoms with Gasteiger partial charge in [0.25, 0.3) is 0 Å². The minimum atomic E-state index is -0.507. The molecule has 0 bridgehead atoms. The number of hydrogen-bond acceptors (Lipinski definition) is 4. The molecule has 0 saturated carbocycles. The summed E-state index contributed by atoms with van der Waals surface area (Å²) in [4.78, 5) is 13.1. The lowest BCUT2D eigenvalue weighted by Crippen LogP contribution is -2.26. The zero-order chi connectivity index (χ0) is 13.8. The Morgan fingerprint density at radius 2 is 2.37 bits per heavy atom. The Morgan fingerprint density at radius 3 is 3.05 bits per heavy atom. The van der Waals surface area contributed by atoms with Crippen LogP contribution in [0.2, 0.25) is 0 Å². The molecule has 0 aliphatic carbocycles. The van der Waals surface area contributed by atoms with Crippen LogP contribution in [0.5, 0.6) is 0 Å². The van der Waals surface area contributed by atoms with E-state index in [1.165, 1.54) is 18.1 Å². The van der Waals surface area contributed by atoms with E-state index in [9.17, 15) is 9.18 Å². The number of anilines is 1. The zero-order valence-electron chi connectivity index (χ0n) is 10.3. The first-order chi connectivity index (χ1) is 9.11. The summed E-state index contributed by atoms with van der Waals surface area (Å²) in [7, 11) is 1.51. The van der Waals surface area contributed by atoms with E-state index in [-0.39, 0.29) is 19.5 Å². The molecule has 1 amide bonds. The maximum Gasteiger partial charge on any atom is 0.414 e. The topological polar surface area (TPSA) is 48.0 Å². The lowest BCUT2D eigenvalue weighted by atomic mass is 10.2. The Balaban J connectivity index is 2.01. The van der Waals surface area contributed by atoms with Crippen molar-refractivity contribution in [3.8, 4) is 0 Å². The molecule has 0 unspecified atom stereocenters. The molecule has 1 fully saturated rings. The van der Waals surface area contributed by atoms with Crippen molar-refractivity contribution < 1.29 is 23.4 Å². The summed E-state index contributed by atoms with van der Waals surface area (Å²) in [5.41, 5.74) is 0.458. The molecule has 1 atom stereocenters. The van der Waals surface area contributed by atoms with Crippen molar-refractivity contribution >= 4 is 27.7 Å². The maximum absolute atomic E-state index is 13.4. The summed E-state index contributed by atoms with van der Waals surface area (Å²) in [6.07, 6.45) is -0.887. The molecule has 1 heterocycles. The van der Waals surface area contributed by atoms with Crippen LogP contribution in [-0.4, -0.2) is 39.3 Å². The summed E-state index contributed by atoms with van der Waals surface area (Å²) >= 11 is 3.06. The highest BCUT2D eigenvalue weighted by Gasteiger charge is 2.32. The number of carbonyl (C=O) groups excluding carboxylic acids is 1. The van der Waals surface area contributed by atoms with Crippen LogP contribution in [0.4, 0.5) is 14.9 Å². The molecule has 1 aromatic carbocycles. The zero-order valence-corrected chi connectivity index (χ0v) is 11.9. The molecule has 1 aliphatic heterocycles. The van der Waals surface area contributed by atoms with Gasteiger partial charge in [0.05, 0.1) is 23.3 Å². The number of hydrogen-bond donors (Lipinski definition) is 0. The quantitative estimate of drug-likeness (QED) is 0.613. The molecular formula is C12H13BrFNO4. The number of carbonyl (C=O) groups is 1. The van der Waals surface area contributed by atoms with E-state index < -0.39 is 11.9 Å². The summed E-state index contributed by atoms with van der Waals surface area (Å²) < 4.78 is 28.8. The van der Waals surface area contributed by atoms with Crippen LogP contribution in [0.1, 0.15) is 0 Å². The fourth-order valence-corrected chi connectivity index (χ4v) is 1.98. The highest BCUT2D eigenvalue weighted by molar-refractivity contribution is 9.10. The smallest absolute Gasteiger partial charge is 0.414 e. The van der Waals surface area contributed by atoms with Crippen LogP contribution >= 0.6 is 15.9 Å². The Morgan fingerprint density at radius 1 is 1.58 bits per heavy atom. The summed E-state index contributed by atoms with van der Waals surface area (Å²) in [6, 6.07) is 4.48. The van der Waals surface area contributed by atoms with Crippen LogP contribution in [0, 0.1) is 5.82 Å². The lowest BCUT2D eigenvalue weighted by molar-refractivity contribution is -0.0555. The van der Waals surface area contributed by atoms with Gasteiger partial charge in [-0.1, -0.05) is 0 Å². The first-order valence-corrected chi connectivity index (χ1v) is 6.41. The minimum absolute atomic E-state index is 0.140. The van der Waals surface area contributed by atoms with Gasteiger partial charge in [0.1, 0.15) is 18.7 Å². The second kappa shape index (κ2) is 6.31. The van der Waals surface area contributed by atoms with Crippen LogP contribution in [0.3, 0.4) is 0 Å². The van der Waals surface area contributed by atoms with E-state index in [0.717, 1.165) is 0 Å². The second-order valence-electron chi connectivity index (χ2n) is 3.99. The number of rotatable bonds is 5. The number of benzene rings is 1. The van der Waals surface area contributed by atoms with Crippen LogP contribution < -0.4 is 4.90 Å². The third kappa shape index (κ3) is 3.43. The Labute approximate surface area is 118 Å². The molecule has 0 radical (unpaired) electrons. The van der Waals surface area contributed by atoms with Crippen molar-refractivity contribution in [3.05, 3.63) is 28.5 Å². The molecule has 0 aromatic heterocycles. The molecule has 1 aromatic rings. The Kier molecular flexibility index (Phi) is 4.73. The van der Waals surface area contributed by atoms with E-state index in [1.807, 2.05) is 0 Å². The summed E-state index contributed by atoms with van der Waals surface area (Å²) in [6.45, 7) is 0.708. The molecule has 104 valence electrons. The normalized spacial score (nSPS) is 18.8. The van der Waals surface area contributed by atoms with Gasteiger partial charge < -0.3 is 14.2 Å². The number of cyclic esters (lactones) is 1. The SMILES string of the molecule is COCOC[C@H]1CN(c2ccc(Br)c(F)c2)C(=O)O1. The molecule has 1 saturated heterocycles. The fourth-order valence-electron chi connectivity index (χ4n) is 1.74. The van der Waals surface area contributed by atoms with Gasteiger partial charge in [-0.05, 0) is 34.1 Å². The van der Waals surface area contributed by atoms with Gasteiger partial charge in [-0.15, -0.1) is 0 Å². The molecule has 0 spiro atoms. The van der Waals surface area contributed by atoms with Gasteiger partial charge in [0, 0.05) is 7.11 Å². The number of methoxy groups -OCH3 is 1. The highest BCUT2D eigenvalue weighted by atomic mass is 79.9. The first kappa shape index (κ1) is 14.2. The van der Waals surface area contributed by atoms with Gasteiger partial charge in [0.2, 0.25) is 0 Å². The van der Waals surface area contributed by atoms with Crippen molar-refractivity contribution in [1.82, 2.24) is 0 Å². The molecule has 0 N–H and O–H groups in total. The largest absolute Gasteiger partial charge is 0.441 e. The molecule has 19 heavy (non-hydrogen) atoms. The predicted octanol–water partition coefficient (Wildman–Crippen LogP) is 2.53. The van der Waals surface area contributed by atoms with E-state index in [2.05, 4.69) is 15.9 Å². The average molecular weight is 334 g/mol. The Hall–Kier alpha value is -1.18. The van der Waals surface area contributed by atoms with Crippen molar-refractivity contribution in [1.29, 1.82) is 0 Å². The first-order valence-electron chi connectivity index (χ1n) is 5.61. The van der Waals surface area contributed by atoms with Gasteiger partial charge in [0.15, 0.2) is 0 Å². The van der Waals surface area contributed by atoms with E-state index in [4.69, 9.17) is 14.2 Å². The minimum Gasteiger partial charge on any atom is -0.441 e. The van der Waals surface area contributed by atoms with Crippen molar-refractivity contribution in [2.45, 2.75) is 6.10 Å². The van der Waals surface area contributed by atoms with Crippen molar-refractivity contribution in [3.63, 3.8) is 0 Å². The van der Waals surface area contributed by atoms with Crippen LogP contribution in [0.25, 0.3) is 0 Å². The Bertz CT molecular complexity index is 471. The number of ether oxygens (including phenoxy) is 3. The average Bonchev–Trinajstić information content (AvgIpc) is 2.74. The standard InChI is InChI=1S/C12H13BrFNO4/c1-17-7-18-6-9-5-15(12(16)19-9)8-2-3-10(13)11(14)4-8/h2-4,9H,5-7H2,1H3/t9-/m1/s1. The van der Waals surface area contributed by atoms with Crippen LogP contribution in [0.15, 0.2) is 22.7 Å². The highest BCUT2D eigenvalue weighted by Crippen LogP contribution is 2.26. The molecule has 5 nitrogen and oxygen atoms in total. The molecule has 1 aliphatic rings. The van der Waals surface area contributed by atoms with Crippen molar-refractivity contribution in [2.75, 3.05) is 32.0 Å². The van der Waals surface area contributed by atoms with Gasteiger partial charge in [-0.25, -0.2) is 9.18 Å². The monoisotopic (exact) mass is 333 g/mol. The summed E-state index contributed by atoms with van der Waals surface area (Å²) in [5, 5.41) is 0. The number of nitrogens with zero attached hydrogens (tertiary/aromatic N) is 1. The van der Waals surface area contributed by atoms with E-state index in [1.54, 1.807) is 12.1 Å². The van der Waals surface area contributed by atoms with E-state index in [0.29, 0.717) is 16.7 Å². The van der Waals surface area contributed by atoms with Gasteiger partial charge in [-0.3, -0.25) is 4.90 Å². The van der Waals surface area contributed by atoms with Crippen molar-refractivity contribution in [2.24, 2.45) is 0 Å². The van der Waals surface area contributed by atoms with E-state index >= 15 is 0 Å². The number of halogens is 2. The molecular weight excluding hydrogens is 321 g/mol. The fraction of sp³-hybridized carbons (Fsp3) is 0.417. The van der Waals surface area contributed by atoms with Gasteiger partial charge in [-0.2, -0.15) is 0 Å². The maximum atomic E-state index is 13.4. The molecule has 7 heteroatoms.